The predicted molar refractivity (Wildman–Crippen MR) is 83.4 cm³/mol. The third kappa shape index (κ3) is 2.53. The van der Waals surface area contributed by atoms with Crippen molar-refractivity contribution in [3.8, 4) is 11.1 Å². The summed E-state index contributed by atoms with van der Waals surface area (Å²) < 4.78 is 14.9. The number of hydrogen-bond acceptors (Lipinski definition) is 4. The summed E-state index contributed by atoms with van der Waals surface area (Å²) in [6, 6.07) is 8.19. The molecule has 0 spiro atoms. The van der Waals surface area contributed by atoms with Gasteiger partial charge in [-0.15, -0.1) is 0 Å². The summed E-state index contributed by atoms with van der Waals surface area (Å²) in [5.41, 5.74) is 4.13. The van der Waals surface area contributed by atoms with Crippen molar-refractivity contribution in [2.45, 2.75) is 13.8 Å². The number of nitrogens with zero attached hydrogens (tertiary/aromatic N) is 3. The van der Waals surface area contributed by atoms with Crippen molar-refractivity contribution >= 4 is 11.5 Å². The van der Waals surface area contributed by atoms with Crippen LogP contribution in [-0.4, -0.2) is 32.9 Å². The van der Waals surface area contributed by atoms with Gasteiger partial charge in [0, 0.05) is 23.9 Å². The normalized spacial score (nSPS) is 11.1. The molecule has 0 saturated carbocycles. The Morgan fingerprint density at radius 2 is 1.95 bits per heavy atom. The van der Waals surface area contributed by atoms with E-state index in [1.54, 1.807) is 16.6 Å². The standard InChI is InChI=1S/C16H17FN4O/c1-10-9-14(18-7-8-22)21-16(19-10)15(11(2)20-21)12-3-5-13(17)6-4-12/h3-6,9,18,22H,7-8H2,1-2H3. The number of benzene rings is 1. The predicted octanol–water partition coefficient (Wildman–Crippen LogP) is 2.56. The molecule has 0 radical (unpaired) electrons. The molecule has 0 aliphatic rings. The highest BCUT2D eigenvalue weighted by Crippen LogP contribution is 2.29. The third-order valence-corrected chi connectivity index (χ3v) is 3.44. The minimum atomic E-state index is -0.271. The topological polar surface area (TPSA) is 62.5 Å². The zero-order valence-electron chi connectivity index (χ0n) is 12.5. The summed E-state index contributed by atoms with van der Waals surface area (Å²) in [7, 11) is 0. The Morgan fingerprint density at radius 1 is 1.23 bits per heavy atom. The van der Waals surface area contributed by atoms with E-state index >= 15 is 0 Å². The Balaban J connectivity index is 2.21. The fraction of sp³-hybridized carbons (Fsp3) is 0.250. The fourth-order valence-electron chi connectivity index (χ4n) is 2.51. The van der Waals surface area contributed by atoms with Gasteiger partial charge in [0.25, 0.3) is 0 Å². The van der Waals surface area contributed by atoms with Crippen LogP contribution in [-0.2, 0) is 0 Å². The van der Waals surface area contributed by atoms with Gasteiger partial charge in [-0.2, -0.15) is 9.61 Å². The van der Waals surface area contributed by atoms with Crippen LogP contribution in [0.3, 0.4) is 0 Å². The molecule has 0 bridgehead atoms. The van der Waals surface area contributed by atoms with Crippen LogP contribution in [0.1, 0.15) is 11.4 Å². The number of halogens is 1. The summed E-state index contributed by atoms with van der Waals surface area (Å²) in [6.07, 6.45) is 0. The number of anilines is 1. The molecule has 2 aromatic heterocycles. The van der Waals surface area contributed by atoms with Crippen LogP contribution in [0.2, 0.25) is 0 Å². The van der Waals surface area contributed by atoms with E-state index in [9.17, 15) is 4.39 Å². The SMILES string of the molecule is Cc1cc(NCCO)n2nc(C)c(-c3ccc(F)cc3)c2n1. The number of aliphatic hydroxyl groups excluding tert-OH is 1. The second-order valence-electron chi connectivity index (χ2n) is 5.14. The van der Waals surface area contributed by atoms with Gasteiger partial charge < -0.3 is 10.4 Å². The van der Waals surface area contributed by atoms with E-state index in [0.717, 1.165) is 28.3 Å². The lowest BCUT2D eigenvalue weighted by molar-refractivity contribution is 0.311. The van der Waals surface area contributed by atoms with Gasteiger partial charge in [-0.05, 0) is 31.5 Å². The van der Waals surface area contributed by atoms with Gasteiger partial charge in [0.2, 0.25) is 0 Å². The third-order valence-electron chi connectivity index (χ3n) is 3.44. The smallest absolute Gasteiger partial charge is 0.165 e. The maximum Gasteiger partial charge on any atom is 0.165 e. The minimum Gasteiger partial charge on any atom is -0.395 e. The Kier molecular flexibility index (Phi) is 3.77. The van der Waals surface area contributed by atoms with Gasteiger partial charge in [-0.1, -0.05) is 12.1 Å². The highest BCUT2D eigenvalue weighted by atomic mass is 19.1. The van der Waals surface area contributed by atoms with E-state index in [1.165, 1.54) is 12.1 Å². The van der Waals surface area contributed by atoms with E-state index in [0.29, 0.717) is 12.2 Å². The first-order valence-electron chi connectivity index (χ1n) is 7.08. The lowest BCUT2D eigenvalue weighted by atomic mass is 10.1. The average molecular weight is 300 g/mol. The second-order valence-corrected chi connectivity index (χ2v) is 5.14. The van der Waals surface area contributed by atoms with Gasteiger partial charge in [0.15, 0.2) is 5.65 Å². The molecule has 0 amide bonds. The van der Waals surface area contributed by atoms with Crippen LogP contribution in [0.25, 0.3) is 16.8 Å². The molecule has 0 atom stereocenters. The van der Waals surface area contributed by atoms with E-state index in [2.05, 4.69) is 15.4 Å². The number of aryl methyl sites for hydroxylation is 2. The van der Waals surface area contributed by atoms with Crippen molar-refractivity contribution in [3.63, 3.8) is 0 Å². The minimum absolute atomic E-state index is 0.0356. The monoisotopic (exact) mass is 300 g/mol. The van der Waals surface area contributed by atoms with E-state index in [4.69, 9.17) is 5.11 Å². The van der Waals surface area contributed by atoms with Crippen LogP contribution >= 0.6 is 0 Å². The van der Waals surface area contributed by atoms with Crippen LogP contribution < -0.4 is 5.32 Å². The van der Waals surface area contributed by atoms with Gasteiger partial charge in [0.05, 0.1) is 12.3 Å². The lowest BCUT2D eigenvalue weighted by Crippen LogP contribution is -2.10. The Hall–Kier alpha value is -2.47. The molecule has 0 aliphatic heterocycles. The number of aromatic nitrogens is 3. The molecule has 22 heavy (non-hydrogen) atoms. The van der Waals surface area contributed by atoms with Crippen LogP contribution in [0, 0.1) is 19.7 Å². The fourth-order valence-corrected chi connectivity index (χ4v) is 2.51. The van der Waals surface area contributed by atoms with Crippen molar-refractivity contribution < 1.29 is 9.50 Å². The van der Waals surface area contributed by atoms with Gasteiger partial charge in [0.1, 0.15) is 11.6 Å². The number of aliphatic hydroxyl groups is 1. The number of fused-ring (bicyclic) bond motifs is 1. The quantitative estimate of drug-likeness (QED) is 0.777. The lowest BCUT2D eigenvalue weighted by Gasteiger charge is -2.08. The molecule has 2 N–H and O–H groups in total. The maximum atomic E-state index is 13.1. The molecule has 5 nitrogen and oxygen atoms in total. The zero-order valence-corrected chi connectivity index (χ0v) is 12.5. The molecule has 0 unspecified atom stereocenters. The number of nitrogens with one attached hydrogen (secondary N) is 1. The van der Waals surface area contributed by atoms with E-state index in [-0.39, 0.29) is 12.4 Å². The molecular formula is C16H17FN4O. The van der Waals surface area contributed by atoms with E-state index < -0.39 is 0 Å². The first kappa shape index (κ1) is 14.5. The highest BCUT2D eigenvalue weighted by molar-refractivity contribution is 5.80. The molecule has 0 fully saturated rings. The van der Waals surface area contributed by atoms with Crippen LogP contribution in [0.15, 0.2) is 30.3 Å². The summed E-state index contributed by atoms with van der Waals surface area (Å²) in [5.74, 6) is 0.500. The molecule has 6 heteroatoms. The van der Waals surface area contributed by atoms with Crippen LogP contribution in [0.5, 0.6) is 0 Å². The van der Waals surface area contributed by atoms with Gasteiger partial charge in [-0.25, -0.2) is 9.37 Å². The number of rotatable bonds is 4. The Labute approximate surface area is 127 Å². The first-order chi connectivity index (χ1) is 10.6. The molecule has 1 aromatic carbocycles. The van der Waals surface area contributed by atoms with Gasteiger partial charge in [-0.3, -0.25) is 0 Å². The summed E-state index contributed by atoms with van der Waals surface area (Å²) in [4.78, 5) is 4.57. The molecule has 114 valence electrons. The molecular weight excluding hydrogens is 283 g/mol. The summed E-state index contributed by atoms with van der Waals surface area (Å²) >= 11 is 0. The molecule has 0 saturated heterocycles. The number of hydrogen-bond donors (Lipinski definition) is 2. The average Bonchev–Trinajstić information content (AvgIpc) is 2.82. The van der Waals surface area contributed by atoms with Crippen molar-refractivity contribution in [2.24, 2.45) is 0 Å². The van der Waals surface area contributed by atoms with Crippen molar-refractivity contribution in [1.29, 1.82) is 0 Å². The summed E-state index contributed by atoms with van der Waals surface area (Å²) in [5, 5.41) is 16.6. The van der Waals surface area contributed by atoms with Crippen LogP contribution in [0.4, 0.5) is 10.2 Å². The largest absolute Gasteiger partial charge is 0.395 e. The molecule has 2 heterocycles. The highest BCUT2D eigenvalue weighted by Gasteiger charge is 2.15. The maximum absolute atomic E-state index is 13.1. The second kappa shape index (κ2) is 5.73. The first-order valence-corrected chi connectivity index (χ1v) is 7.08. The van der Waals surface area contributed by atoms with Crippen molar-refractivity contribution in [3.05, 3.63) is 47.5 Å². The van der Waals surface area contributed by atoms with Crippen molar-refractivity contribution in [2.75, 3.05) is 18.5 Å². The molecule has 0 aliphatic carbocycles. The molecule has 3 rings (SSSR count). The molecule has 3 aromatic rings. The van der Waals surface area contributed by atoms with E-state index in [1.807, 2.05) is 19.9 Å². The van der Waals surface area contributed by atoms with Crippen molar-refractivity contribution in [1.82, 2.24) is 14.6 Å². The Morgan fingerprint density at radius 3 is 2.64 bits per heavy atom. The van der Waals surface area contributed by atoms with Gasteiger partial charge >= 0.3 is 0 Å². The summed E-state index contributed by atoms with van der Waals surface area (Å²) in [6.45, 7) is 4.27. The Bertz CT molecular complexity index is 811. The zero-order chi connectivity index (χ0) is 15.7.